The SMILES string of the molecule is CS(=O)(=O)N1CCC[C@@H]1C(=O)N[C@H]1CCCc2occc21. The molecule has 0 bridgehead atoms. The van der Waals surface area contributed by atoms with Gasteiger partial charge < -0.3 is 9.73 Å². The predicted octanol–water partition coefficient (Wildman–Crippen LogP) is 1.20. The number of aryl methyl sites for hydroxylation is 1. The van der Waals surface area contributed by atoms with Gasteiger partial charge in [-0.2, -0.15) is 4.31 Å². The van der Waals surface area contributed by atoms with E-state index in [1.165, 1.54) is 4.31 Å². The largest absolute Gasteiger partial charge is 0.469 e. The smallest absolute Gasteiger partial charge is 0.238 e. The maximum absolute atomic E-state index is 12.5. The van der Waals surface area contributed by atoms with Crippen LogP contribution < -0.4 is 5.32 Å². The fourth-order valence-electron chi connectivity index (χ4n) is 3.30. The van der Waals surface area contributed by atoms with Gasteiger partial charge in [-0.3, -0.25) is 4.79 Å². The van der Waals surface area contributed by atoms with E-state index in [1.807, 2.05) is 6.07 Å². The zero-order valence-corrected chi connectivity index (χ0v) is 12.9. The summed E-state index contributed by atoms with van der Waals surface area (Å²) in [7, 11) is -3.33. The molecular formula is C14H20N2O4S. The van der Waals surface area contributed by atoms with E-state index in [9.17, 15) is 13.2 Å². The van der Waals surface area contributed by atoms with E-state index in [1.54, 1.807) is 6.26 Å². The zero-order chi connectivity index (χ0) is 15.0. The molecule has 0 saturated carbocycles. The zero-order valence-electron chi connectivity index (χ0n) is 12.0. The van der Waals surface area contributed by atoms with Gasteiger partial charge >= 0.3 is 0 Å². The lowest BCUT2D eigenvalue weighted by Gasteiger charge is -2.27. The van der Waals surface area contributed by atoms with Crippen molar-refractivity contribution in [3.8, 4) is 0 Å². The minimum absolute atomic E-state index is 0.0676. The Balaban J connectivity index is 1.73. The lowest BCUT2D eigenvalue weighted by molar-refractivity contribution is -0.125. The van der Waals surface area contributed by atoms with Gasteiger partial charge in [-0.05, 0) is 31.7 Å². The van der Waals surface area contributed by atoms with Crippen molar-refractivity contribution < 1.29 is 17.6 Å². The van der Waals surface area contributed by atoms with E-state index in [0.717, 1.165) is 43.3 Å². The van der Waals surface area contributed by atoms with Crippen molar-refractivity contribution in [3.05, 3.63) is 23.7 Å². The summed E-state index contributed by atoms with van der Waals surface area (Å²) in [5.41, 5.74) is 1.03. The number of carbonyl (C=O) groups is 1. The Labute approximate surface area is 124 Å². The third-order valence-corrected chi connectivity index (χ3v) is 5.59. The molecule has 1 aliphatic heterocycles. The first-order valence-electron chi connectivity index (χ1n) is 7.30. The Morgan fingerprint density at radius 2 is 2.19 bits per heavy atom. The molecule has 2 heterocycles. The minimum atomic E-state index is -3.33. The Bertz CT molecular complexity index is 637. The Morgan fingerprint density at radius 1 is 1.38 bits per heavy atom. The van der Waals surface area contributed by atoms with E-state index in [0.29, 0.717) is 13.0 Å². The number of sulfonamides is 1. The number of rotatable bonds is 3. The number of carbonyl (C=O) groups excluding carboxylic acids is 1. The van der Waals surface area contributed by atoms with Crippen molar-refractivity contribution in [2.24, 2.45) is 0 Å². The van der Waals surface area contributed by atoms with Crippen LogP contribution >= 0.6 is 0 Å². The normalized spacial score (nSPS) is 26.5. The van der Waals surface area contributed by atoms with Crippen LogP contribution in [0.4, 0.5) is 0 Å². The van der Waals surface area contributed by atoms with E-state index < -0.39 is 16.1 Å². The number of hydrogen-bond donors (Lipinski definition) is 1. The summed E-state index contributed by atoms with van der Waals surface area (Å²) in [5, 5.41) is 3.00. The first-order valence-corrected chi connectivity index (χ1v) is 9.15. The molecular weight excluding hydrogens is 292 g/mol. The third-order valence-electron chi connectivity index (χ3n) is 4.30. The van der Waals surface area contributed by atoms with Gasteiger partial charge in [0.1, 0.15) is 11.8 Å². The van der Waals surface area contributed by atoms with Crippen LogP contribution in [0, 0.1) is 0 Å². The maximum atomic E-state index is 12.5. The molecule has 0 aromatic carbocycles. The van der Waals surface area contributed by atoms with Crippen LogP contribution in [0.25, 0.3) is 0 Å². The minimum Gasteiger partial charge on any atom is -0.469 e. The van der Waals surface area contributed by atoms with Gasteiger partial charge in [-0.25, -0.2) is 8.42 Å². The summed E-state index contributed by atoms with van der Waals surface area (Å²) in [4.78, 5) is 12.5. The van der Waals surface area contributed by atoms with Gasteiger partial charge in [0.25, 0.3) is 0 Å². The van der Waals surface area contributed by atoms with E-state index in [4.69, 9.17) is 4.42 Å². The van der Waals surface area contributed by atoms with Crippen molar-refractivity contribution in [1.82, 2.24) is 9.62 Å². The molecule has 0 spiro atoms. The molecule has 2 atom stereocenters. The Hall–Kier alpha value is -1.34. The number of amides is 1. The fourth-order valence-corrected chi connectivity index (χ4v) is 4.43. The first-order chi connectivity index (χ1) is 9.97. The number of nitrogens with zero attached hydrogens (tertiary/aromatic N) is 1. The Kier molecular flexibility index (Phi) is 3.79. The second-order valence-electron chi connectivity index (χ2n) is 5.78. The molecule has 7 heteroatoms. The topological polar surface area (TPSA) is 79.6 Å². The van der Waals surface area contributed by atoms with Crippen LogP contribution in [-0.4, -0.2) is 37.5 Å². The quantitative estimate of drug-likeness (QED) is 0.909. The highest BCUT2D eigenvalue weighted by molar-refractivity contribution is 7.88. The van der Waals surface area contributed by atoms with Crippen molar-refractivity contribution in [1.29, 1.82) is 0 Å². The van der Waals surface area contributed by atoms with Crippen LogP contribution in [0.5, 0.6) is 0 Å². The van der Waals surface area contributed by atoms with Crippen molar-refractivity contribution in [2.45, 2.75) is 44.2 Å². The summed E-state index contributed by atoms with van der Waals surface area (Å²) in [6.45, 7) is 0.429. The molecule has 0 radical (unpaired) electrons. The lowest BCUT2D eigenvalue weighted by Crippen LogP contribution is -2.46. The van der Waals surface area contributed by atoms with Crippen molar-refractivity contribution in [2.75, 3.05) is 12.8 Å². The molecule has 116 valence electrons. The molecule has 3 rings (SSSR count). The monoisotopic (exact) mass is 312 g/mol. The summed E-state index contributed by atoms with van der Waals surface area (Å²) in [6.07, 6.45) is 6.85. The number of furan rings is 1. The molecule has 1 aliphatic carbocycles. The van der Waals surface area contributed by atoms with Crippen LogP contribution in [0.2, 0.25) is 0 Å². The molecule has 1 N–H and O–H groups in total. The van der Waals surface area contributed by atoms with Gasteiger partial charge in [0.05, 0.1) is 18.6 Å². The van der Waals surface area contributed by atoms with E-state index in [-0.39, 0.29) is 11.9 Å². The summed E-state index contributed by atoms with van der Waals surface area (Å²) in [6, 6.07) is 1.25. The average molecular weight is 312 g/mol. The summed E-state index contributed by atoms with van der Waals surface area (Å²) < 4.78 is 30.2. The van der Waals surface area contributed by atoms with Crippen LogP contribution in [0.15, 0.2) is 16.7 Å². The maximum Gasteiger partial charge on any atom is 0.238 e. The van der Waals surface area contributed by atoms with Gasteiger partial charge in [0.2, 0.25) is 15.9 Å². The van der Waals surface area contributed by atoms with E-state index >= 15 is 0 Å². The summed E-state index contributed by atoms with van der Waals surface area (Å²) in [5.74, 6) is 0.731. The lowest BCUT2D eigenvalue weighted by atomic mass is 9.93. The number of fused-ring (bicyclic) bond motifs is 1. The third kappa shape index (κ3) is 2.85. The molecule has 2 aliphatic rings. The van der Waals surface area contributed by atoms with Gasteiger partial charge in [-0.1, -0.05) is 0 Å². The van der Waals surface area contributed by atoms with Crippen LogP contribution in [-0.2, 0) is 21.2 Å². The predicted molar refractivity (Wildman–Crippen MR) is 77.1 cm³/mol. The molecule has 1 aromatic rings. The van der Waals surface area contributed by atoms with E-state index in [2.05, 4.69) is 5.32 Å². The first kappa shape index (κ1) is 14.6. The molecule has 0 unspecified atom stereocenters. The fraction of sp³-hybridized carbons (Fsp3) is 0.643. The van der Waals surface area contributed by atoms with Crippen molar-refractivity contribution >= 4 is 15.9 Å². The molecule has 1 saturated heterocycles. The second kappa shape index (κ2) is 5.46. The highest BCUT2D eigenvalue weighted by Crippen LogP contribution is 2.31. The van der Waals surface area contributed by atoms with Gasteiger partial charge in [0, 0.05) is 18.5 Å². The molecule has 1 amide bonds. The van der Waals surface area contributed by atoms with Crippen LogP contribution in [0.1, 0.15) is 43.0 Å². The summed E-state index contributed by atoms with van der Waals surface area (Å²) >= 11 is 0. The highest BCUT2D eigenvalue weighted by atomic mass is 32.2. The molecule has 6 nitrogen and oxygen atoms in total. The van der Waals surface area contributed by atoms with Gasteiger partial charge in [0.15, 0.2) is 0 Å². The second-order valence-corrected chi connectivity index (χ2v) is 7.72. The average Bonchev–Trinajstić information content (AvgIpc) is 3.07. The molecule has 1 aromatic heterocycles. The van der Waals surface area contributed by atoms with Crippen molar-refractivity contribution in [3.63, 3.8) is 0 Å². The molecule has 1 fully saturated rings. The standard InChI is InChI=1S/C14H20N2O4S/c1-21(18,19)16-8-3-5-12(16)14(17)15-11-4-2-6-13-10(11)7-9-20-13/h7,9,11-12H,2-6,8H2,1H3,(H,15,17)/t11-,12+/m0/s1. The Morgan fingerprint density at radius 3 is 2.95 bits per heavy atom. The highest BCUT2D eigenvalue weighted by Gasteiger charge is 2.37. The number of nitrogens with one attached hydrogen (secondary N) is 1. The van der Waals surface area contributed by atoms with Crippen LogP contribution in [0.3, 0.4) is 0 Å². The number of hydrogen-bond acceptors (Lipinski definition) is 4. The molecule has 21 heavy (non-hydrogen) atoms. The van der Waals surface area contributed by atoms with Gasteiger partial charge in [-0.15, -0.1) is 0 Å².